The molecule has 0 atom stereocenters. The molecule has 0 unspecified atom stereocenters. The number of hydrogen-bond donors (Lipinski definition) is 0. The molecule has 2 amide bonds. The third kappa shape index (κ3) is 2.48. The molecule has 1 aliphatic heterocycles. The van der Waals surface area contributed by atoms with E-state index in [0.717, 1.165) is 26.2 Å². The lowest BCUT2D eigenvalue weighted by atomic mass is 10.3. The highest BCUT2D eigenvalue weighted by atomic mass is 127. The van der Waals surface area contributed by atoms with Gasteiger partial charge in [-0.3, -0.25) is 3.11 Å². The van der Waals surface area contributed by atoms with Gasteiger partial charge in [0.25, 0.3) is 0 Å². The number of hydrogen-bond acceptors (Lipinski definition) is 2. The molecule has 70 valence electrons. The second-order valence-electron chi connectivity index (χ2n) is 3.05. The number of piperazine rings is 1. The number of likely N-dealkylation sites (N-methyl/N-ethyl adjacent to an activating group) is 1. The van der Waals surface area contributed by atoms with Crippen LogP contribution < -0.4 is 0 Å². The van der Waals surface area contributed by atoms with E-state index in [0.29, 0.717) is 0 Å². The van der Waals surface area contributed by atoms with E-state index in [4.69, 9.17) is 0 Å². The van der Waals surface area contributed by atoms with E-state index < -0.39 is 0 Å². The topological polar surface area (TPSA) is 26.8 Å². The summed E-state index contributed by atoms with van der Waals surface area (Å²) in [6.07, 6.45) is 0. The van der Waals surface area contributed by atoms with Crippen LogP contribution in [0, 0.1) is 0 Å². The first-order chi connectivity index (χ1) is 5.61. The van der Waals surface area contributed by atoms with Crippen LogP contribution in [0.4, 0.5) is 4.79 Å². The van der Waals surface area contributed by atoms with Gasteiger partial charge < -0.3 is 9.80 Å². The predicted octanol–water partition coefficient (Wildman–Crippen LogP) is 0.636. The Morgan fingerprint density at radius 2 is 1.83 bits per heavy atom. The van der Waals surface area contributed by atoms with Crippen LogP contribution in [0.1, 0.15) is 0 Å². The monoisotopic (exact) mass is 283 g/mol. The lowest BCUT2D eigenvalue weighted by Gasteiger charge is -2.33. The van der Waals surface area contributed by atoms with E-state index >= 15 is 0 Å². The summed E-state index contributed by atoms with van der Waals surface area (Å²) in [5.74, 6) is 0. The average molecular weight is 283 g/mol. The molecule has 1 heterocycles. The van der Waals surface area contributed by atoms with Gasteiger partial charge in [-0.15, -0.1) is 0 Å². The minimum atomic E-state index is 0.115. The van der Waals surface area contributed by atoms with Crippen LogP contribution >= 0.6 is 22.9 Å². The second-order valence-corrected chi connectivity index (χ2v) is 4.50. The number of halogens is 1. The number of carbonyl (C=O) groups excluding carboxylic acids is 1. The van der Waals surface area contributed by atoms with Crippen LogP contribution in [0.2, 0.25) is 0 Å². The largest absolute Gasteiger partial charge is 0.328 e. The van der Waals surface area contributed by atoms with Crippen molar-refractivity contribution in [3.05, 3.63) is 0 Å². The van der Waals surface area contributed by atoms with E-state index in [-0.39, 0.29) is 6.03 Å². The predicted molar refractivity (Wildman–Crippen MR) is 56.2 cm³/mol. The summed E-state index contributed by atoms with van der Waals surface area (Å²) in [5.41, 5.74) is 0. The van der Waals surface area contributed by atoms with Crippen LogP contribution in [0.25, 0.3) is 0 Å². The Bertz CT molecular complexity index is 166. The van der Waals surface area contributed by atoms with Gasteiger partial charge in [0, 0.05) is 33.2 Å². The fourth-order valence-corrected chi connectivity index (χ4v) is 1.50. The number of urea groups is 1. The molecule has 0 spiro atoms. The third-order valence-corrected chi connectivity index (χ3v) is 2.45. The summed E-state index contributed by atoms with van der Waals surface area (Å²) < 4.78 is 1.60. The zero-order valence-corrected chi connectivity index (χ0v) is 9.61. The highest BCUT2D eigenvalue weighted by molar-refractivity contribution is 14.1. The Labute approximate surface area is 87.0 Å². The minimum absolute atomic E-state index is 0.115. The van der Waals surface area contributed by atoms with E-state index in [2.05, 4.69) is 11.9 Å². The maximum absolute atomic E-state index is 11.4. The van der Waals surface area contributed by atoms with Crippen LogP contribution in [-0.2, 0) is 0 Å². The van der Waals surface area contributed by atoms with E-state index in [1.807, 2.05) is 27.8 Å². The van der Waals surface area contributed by atoms with Crippen molar-refractivity contribution in [1.29, 1.82) is 0 Å². The highest BCUT2D eigenvalue weighted by Crippen LogP contribution is 2.05. The maximum atomic E-state index is 11.4. The molecule has 1 aliphatic rings. The van der Waals surface area contributed by atoms with Gasteiger partial charge in [-0.1, -0.05) is 0 Å². The second kappa shape index (κ2) is 4.27. The zero-order valence-electron chi connectivity index (χ0n) is 7.46. The molecule has 0 aliphatic carbocycles. The van der Waals surface area contributed by atoms with Gasteiger partial charge in [-0.05, 0) is 7.05 Å². The number of carbonyl (C=O) groups is 1. The SMILES string of the molecule is CN1CCN(C(=O)N(C)I)CC1. The lowest BCUT2D eigenvalue weighted by Crippen LogP contribution is -2.49. The first-order valence-electron chi connectivity index (χ1n) is 3.98. The first-order valence-corrected chi connectivity index (χ1v) is 4.94. The number of rotatable bonds is 0. The van der Waals surface area contributed by atoms with Crippen LogP contribution in [0.5, 0.6) is 0 Å². The van der Waals surface area contributed by atoms with Gasteiger partial charge in [-0.2, -0.15) is 0 Å². The quantitative estimate of drug-likeness (QED) is 0.482. The van der Waals surface area contributed by atoms with Crippen LogP contribution in [0.15, 0.2) is 0 Å². The molecule has 0 radical (unpaired) electrons. The Kier molecular flexibility index (Phi) is 3.57. The van der Waals surface area contributed by atoms with E-state index in [1.165, 1.54) is 0 Å². The lowest BCUT2D eigenvalue weighted by molar-refractivity contribution is 0.147. The Morgan fingerprint density at radius 1 is 1.33 bits per heavy atom. The molecule has 0 N–H and O–H groups in total. The van der Waals surface area contributed by atoms with Gasteiger partial charge in [0.05, 0.1) is 22.9 Å². The summed E-state index contributed by atoms with van der Waals surface area (Å²) in [4.78, 5) is 15.5. The molecular formula is C7H14IN3O. The van der Waals surface area contributed by atoms with Gasteiger partial charge >= 0.3 is 6.03 Å². The summed E-state index contributed by atoms with van der Waals surface area (Å²) >= 11 is 2.00. The maximum Gasteiger partial charge on any atom is 0.328 e. The first kappa shape index (κ1) is 10.0. The van der Waals surface area contributed by atoms with Crippen molar-refractivity contribution < 1.29 is 4.79 Å². The van der Waals surface area contributed by atoms with Crippen LogP contribution in [-0.4, -0.2) is 59.2 Å². The summed E-state index contributed by atoms with van der Waals surface area (Å²) in [6.45, 7) is 3.66. The van der Waals surface area contributed by atoms with Crippen molar-refractivity contribution >= 4 is 28.9 Å². The summed E-state index contributed by atoms with van der Waals surface area (Å²) in [5, 5.41) is 0. The van der Waals surface area contributed by atoms with Crippen molar-refractivity contribution in [3.8, 4) is 0 Å². The van der Waals surface area contributed by atoms with Gasteiger partial charge in [0.15, 0.2) is 0 Å². The van der Waals surface area contributed by atoms with Crippen molar-refractivity contribution in [2.75, 3.05) is 40.3 Å². The van der Waals surface area contributed by atoms with Gasteiger partial charge in [0.1, 0.15) is 0 Å². The Morgan fingerprint density at radius 3 is 2.25 bits per heavy atom. The molecule has 0 aromatic carbocycles. The molecule has 12 heavy (non-hydrogen) atoms. The fraction of sp³-hybridized carbons (Fsp3) is 0.857. The number of amides is 2. The molecule has 5 heteroatoms. The van der Waals surface area contributed by atoms with Crippen molar-refractivity contribution in [2.45, 2.75) is 0 Å². The summed E-state index contributed by atoms with van der Waals surface area (Å²) in [6, 6.07) is 0.115. The third-order valence-electron chi connectivity index (χ3n) is 2.04. The molecule has 1 saturated heterocycles. The Hall–Kier alpha value is -0.0400. The van der Waals surface area contributed by atoms with Crippen molar-refractivity contribution in [3.63, 3.8) is 0 Å². The normalized spacial score (nSPS) is 19.4. The fourth-order valence-electron chi connectivity index (χ4n) is 1.19. The number of nitrogens with zero attached hydrogens (tertiary/aromatic N) is 3. The molecule has 1 fully saturated rings. The van der Waals surface area contributed by atoms with Crippen molar-refractivity contribution in [2.24, 2.45) is 0 Å². The van der Waals surface area contributed by atoms with Gasteiger partial charge in [-0.25, -0.2) is 4.79 Å². The Balaban J connectivity index is 2.39. The highest BCUT2D eigenvalue weighted by Gasteiger charge is 2.20. The van der Waals surface area contributed by atoms with E-state index in [1.54, 1.807) is 10.2 Å². The molecular weight excluding hydrogens is 269 g/mol. The molecule has 0 saturated carbocycles. The molecule has 0 bridgehead atoms. The molecule has 1 rings (SSSR count). The van der Waals surface area contributed by atoms with E-state index in [9.17, 15) is 4.79 Å². The van der Waals surface area contributed by atoms with Crippen LogP contribution in [0.3, 0.4) is 0 Å². The summed E-state index contributed by atoms with van der Waals surface area (Å²) in [7, 11) is 3.86. The minimum Gasteiger partial charge on any atom is -0.321 e. The molecule has 0 aromatic rings. The standard InChI is InChI=1S/C7H14IN3O/c1-9-3-5-11(6-4-9)7(12)10(2)8/h3-6H2,1-2H3. The van der Waals surface area contributed by atoms with Crippen molar-refractivity contribution in [1.82, 2.24) is 12.9 Å². The molecule has 0 aromatic heterocycles. The average Bonchev–Trinajstić information content (AvgIpc) is 2.04. The van der Waals surface area contributed by atoms with Gasteiger partial charge in [0.2, 0.25) is 0 Å². The molecule has 4 nitrogen and oxygen atoms in total. The smallest absolute Gasteiger partial charge is 0.321 e. The zero-order chi connectivity index (χ0) is 9.14.